The summed E-state index contributed by atoms with van der Waals surface area (Å²) in [5, 5.41) is 2.95. The minimum atomic E-state index is -0.410. The lowest BCUT2D eigenvalue weighted by molar-refractivity contribution is 0.0513. The lowest BCUT2D eigenvalue weighted by atomic mass is 10.1. The fourth-order valence-corrected chi connectivity index (χ4v) is 2.45. The first-order chi connectivity index (χ1) is 10.4. The van der Waals surface area contributed by atoms with Gasteiger partial charge in [0.25, 0.3) is 5.91 Å². The molecule has 122 valence electrons. The Kier molecular flexibility index (Phi) is 6.40. The third kappa shape index (κ3) is 3.59. The molecule has 0 saturated heterocycles. The van der Waals surface area contributed by atoms with Crippen LogP contribution < -0.4 is 5.32 Å². The van der Waals surface area contributed by atoms with Crippen molar-refractivity contribution < 1.29 is 14.3 Å². The number of ether oxygens (including phenoxy) is 1. The number of aromatic nitrogens is 1. The molecule has 0 aliphatic carbocycles. The topological polar surface area (TPSA) is 60.3 Å². The summed E-state index contributed by atoms with van der Waals surface area (Å²) in [5.74, 6) is -0.565. The first-order valence-electron chi connectivity index (χ1n) is 7.67. The highest BCUT2D eigenvalue weighted by Gasteiger charge is 2.27. The van der Waals surface area contributed by atoms with E-state index in [1.807, 2.05) is 20.8 Å². The predicted molar refractivity (Wildman–Crippen MR) is 87.3 cm³/mol. The molecule has 1 N–H and O–H groups in total. The van der Waals surface area contributed by atoms with Crippen molar-refractivity contribution in [3.8, 4) is 0 Å². The molecule has 0 fully saturated rings. The van der Waals surface area contributed by atoms with Crippen LogP contribution in [0.3, 0.4) is 0 Å². The van der Waals surface area contributed by atoms with Gasteiger partial charge >= 0.3 is 5.97 Å². The molecular weight excluding hydrogens is 280 g/mol. The van der Waals surface area contributed by atoms with E-state index in [0.717, 1.165) is 12.1 Å². The zero-order valence-electron chi connectivity index (χ0n) is 14.2. The summed E-state index contributed by atoms with van der Waals surface area (Å²) >= 11 is 0. The van der Waals surface area contributed by atoms with Gasteiger partial charge in [0.15, 0.2) is 0 Å². The smallest absolute Gasteiger partial charge is 0.355 e. The number of amides is 1. The second-order valence-electron chi connectivity index (χ2n) is 5.34. The minimum Gasteiger partial charge on any atom is -0.461 e. The molecule has 1 rings (SSSR count). The highest BCUT2D eigenvalue weighted by Crippen LogP contribution is 2.23. The third-order valence-corrected chi connectivity index (χ3v) is 3.76. The molecule has 1 unspecified atom stereocenters. The van der Waals surface area contributed by atoms with Crippen molar-refractivity contribution in [1.29, 1.82) is 0 Å². The monoisotopic (exact) mass is 306 g/mol. The summed E-state index contributed by atoms with van der Waals surface area (Å²) in [7, 11) is 0. The molecular formula is C17H26N2O3. The highest BCUT2D eigenvalue weighted by atomic mass is 16.5. The Morgan fingerprint density at radius 1 is 1.36 bits per heavy atom. The van der Waals surface area contributed by atoms with Crippen LogP contribution in [0.5, 0.6) is 0 Å². The van der Waals surface area contributed by atoms with Gasteiger partial charge < -0.3 is 14.6 Å². The van der Waals surface area contributed by atoms with E-state index < -0.39 is 5.97 Å². The molecule has 0 aliphatic heterocycles. The van der Waals surface area contributed by atoms with Crippen molar-refractivity contribution in [3.63, 3.8) is 0 Å². The van der Waals surface area contributed by atoms with E-state index in [0.29, 0.717) is 30.0 Å². The van der Waals surface area contributed by atoms with E-state index >= 15 is 0 Å². The summed E-state index contributed by atoms with van der Waals surface area (Å²) in [6.45, 7) is 13.8. The van der Waals surface area contributed by atoms with Gasteiger partial charge in [0, 0.05) is 18.3 Å². The van der Waals surface area contributed by atoms with Crippen molar-refractivity contribution in [2.75, 3.05) is 6.61 Å². The molecule has 0 radical (unpaired) electrons. The summed E-state index contributed by atoms with van der Waals surface area (Å²) in [5.41, 5.74) is 2.37. The van der Waals surface area contributed by atoms with Crippen LogP contribution in [-0.2, 0) is 11.3 Å². The molecule has 1 heterocycles. The second kappa shape index (κ2) is 7.82. The van der Waals surface area contributed by atoms with Crippen molar-refractivity contribution in [1.82, 2.24) is 9.88 Å². The number of nitrogens with one attached hydrogen (secondary N) is 1. The zero-order valence-corrected chi connectivity index (χ0v) is 14.2. The van der Waals surface area contributed by atoms with Crippen LogP contribution in [-0.4, -0.2) is 29.1 Å². The van der Waals surface area contributed by atoms with E-state index in [2.05, 4.69) is 11.9 Å². The van der Waals surface area contributed by atoms with Crippen LogP contribution in [0.2, 0.25) is 0 Å². The van der Waals surface area contributed by atoms with Crippen molar-refractivity contribution in [2.45, 2.75) is 53.6 Å². The number of allylic oxidation sites excluding steroid dienone is 1. The fraction of sp³-hybridized carbons (Fsp3) is 0.529. The Morgan fingerprint density at radius 2 is 2.00 bits per heavy atom. The zero-order chi connectivity index (χ0) is 16.9. The molecule has 0 aromatic carbocycles. The maximum absolute atomic E-state index is 12.5. The molecule has 1 aromatic rings. The maximum atomic E-state index is 12.5. The maximum Gasteiger partial charge on any atom is 0.355 e. The second-order valence-corrected chi connectivity index (χ2v) is 5.34. The Morgan fingerprint density at radius 3 is 2.50 bits per heavy atom. The van der Waals surface area contributed by atoms with Gasteiger partial charge in [-0.2, -0.15) is 0 Å². The van der Waals surface area contributed by atoms with Crippen LogP contribution >= 0.6 is 0 Å². The molecule has 22 heavy (non-hydrogen) atoms. The Balaban J connectivity index is 3.35. The Labute approximate surface area is 132 Å². The van der Waals surface area contributed by atoms with Gasteiger partial charge in [0.1, 0.15) is 5.69 Å². The number of esters is 1. The molecule has 1 atom stereocenters. The van der Waals surface area contributed by atoms with Crippen LogP contribution in [0, 0.1) is 13.8 Å². The third-order valence-electron chi connectivity index (χ3n) is 3.76. The predicted octanol–water partition coefficient (Wildman–Crippen LogP) is 3.00. The van der Waals surface area contributed by atoms with E-state index in [1.54, 1.807) is 24.5 Å². The number of carbonyl (C=O) groups excluding carboxylic acids is 2. The molecule has 0 aliphatic rings. The fourth-order valence-electron chi connectivity index (χ4n) is 2.45. The lowest BCUT2D eigenvalue weighted by Crippen LogP contribution is -2.32. The SMILES string of the molecule is C=CCn1c(C)c(C(=O)NC(C)CC)c(C)c1C(=O)OCC. The minimum absolute atomic E-state index is 0.0834. The highest BCUT2D eigenvalue weighted by molar-refractivity contribution is 6.01. The van der Waals surface area contributed by atoms with Crippen molar-refractivity contribution >= 4 is 11.9 Å². The number of carbonyl (C=O) groups is 2. The van der Waals surface area contributed by atoms with Crippen molar-refractivity contribution in [2.24, 2.45) is 0 Å². The van der Waals surface area contributed by atoms with Crippen LogP contribution in [0.4, 0.5) is 0 Å². The van der Waals surface area contributed by atoms with E-state index in [1.165, 1.54) is 0 Å². The van der Waals surface area contributed by atoms with E-state index in [-0.39, 0.29) is 11.9 Å². The number of rotatable bonds is 7. The first-order valence-corrected chi connectivity index (χ1v) is 7.67. The quantitative estimate of drug-likeness (QED) is 0.622. The molecule has 0 spiro atoms. The van der Waals surface area contributed by atoms with E-state index in [9.17, 15) is 9.59 Å². The first kappa shape index (κ1) is 18.0. The van der Waals surface area contributed by atoms with Crippen LogP contribution in [0.1, 0.15) is 59.3 Å². The summed E-state index contributed by atoms with van der Waals surface area (Å²) in [6, 6.07) is 0.0834. The number of hydrogen-bond donors (Lipinski definition) is 1. The average Bonchev–Trinajstić information content (AvgIpc) is 2.70. The Hall–Kier alpha value is -2.04. The standard InChI is InChI=1S/C17H26N2O3/c1-7-10-19-13(6)14(16(20)18-11(4)8-2)12(5)15(19)17(21)22-9-3/h7,11H,1,8-10H2,2-6H3,(H,18,20). The van der Waals surface area contributed by atoms with Gasteiger partial charge in [0.05, 0.1) is 12.2 Å². The van der Waals surface area contributed by atoms with Crippen molar-refractivity contribution in [3.05, 3.63) is 35.2 Å². The molecule has 1 aromatic heterocycles. The Bertz CT molecular complexity index is 573. The lowest BCUT2D eigenvalue weighted by Gasteiger charge is -2.12. The molecule has 0 bridgehead atoms. The van der Waals surface area contributed by atoms with Gasteiger partial charge in [-0.3, -0.25) is 4.79 Å². The number of hydrogen-bond acceptors (Lipinski definition) is 3. The van der Waals surface area contributed by atoms with Gasteiger partial charge in [-0.15, -0.1) is 6.58 Å². The van der Waals surface area contributed by atoms with Crippen LogP contribution in [0.25, 0.3) is 0 Å². The molecule has 1 amide bonds. The number of nitrogens with zero attached hydrogens (tertiary/aromatic N) is 1. The van der Waals surface area contributed by atoms with Gasteiger partial charge in [-0.05, 0) is 39.7 Å². The molecule has 5 nitrogen and oxygen atoms in total. The van der Waals surface area contributed by atoms with Gasteiger partial charge in [0.2, 0.25) is 0 Å². The van der Waals surface area contributed by atoms with E-state index in [4.69, 9.17) is 4.74 Å². The summed E-state index contributed by atoms with van der Waals surface area (Å²) in [6.07, 6.45) is 2.55. The van der Waals surface area contributed by atoms with Gasteiger partial charge in [-0.25, -0.2) is 4.79 Å². The summed E-state index contributed by atoms with van der Waals surface area (Å²) < 4.78 is 6.90. The summed E-state index contributed by atoms with van der Waals surface area (Å²) in [4.78, 5) is 24.7. The van der Waals surface area contributed by atoms with Crippen LogP contribution in [0.15, 0.2) is 12.7 Å². The molecule has 0 saturated carbocycles. The normalized spacial score (nSPS) is 11.9. The molecule has 5 heteroatoms. The largest absolute Gasteiger partial charge is 0.461 e. The van der Waals surface area contributed by atoms with Gasteiger partial charge in [-0.1, -0.05) is 13.0 Å². The average molecular weight is 306 g/mol.